The highest BCUT2D eigenvalue weighted by atomic mass is 16.4. The van der Waals surface area contributed by atoms with Gasteiger partial charge in [0.15, 0.2) is 0 Å². The molecule has 1 amide bonds. The number of aliphatic carboxylic acids is 1. The second-order valence-corrected chi connectivity index (χ2v) is 4.69. The zero-order valence-corrected chi connectivity index (χ0v) is 11.5. The van der Waals surface area contributed by atoms with Crippen molar-refractivity contribution in [3.05, 3.63) is 29.8 Å². The maximum Gasteiger partial charge on any atom is 0.310 e. The molecule has 0 heterocycles. The lowest BCUT2D eigenvalue weighted by molar-refractivity contribution is -0.138. The number of carbonyl (C=O) groups is 2. The minimum absolute atomic E-state index is 0.0198. The van der Waals surface area contributed by atoms with Crippen molar-refractivity contribution in [2.75, 3.05) is 5.32 Å². The van der Waals surface area contributed by atoms with Gasteiger partial charge >= 0.3 is 5.97 Å². The van der Waals surface area contributed by atoms with Crippen LogP contribution in [0.25, 0.3) is 0 Å². The maximum atomic E-state index is 11.7. The van der Waals surface area contributed by atoms with Crippen molar-refractivity contribution in [3.63, 3.8) is 0 Å². The van der Waals surface area contributed by atoms with Crippen LogP contribution in [0, 0.1) is 0 Å². The lowest BCUT2D eigenvalue weighted by Crippen LogP contribution is -2.12. The van der Waals surface area contributed by atoms with E-state index in [1.807, 2.05) is 0 Å². The van der Waals surface area contributed by atoms with E-state index in [0.717, 1.165) is 19.3 Å². The summed E-state index contributed by atoms with van der Waals surface area (Å²) in [6, 6.07) is 7.01. The molecule has 0 bridgehead atoms. The molecular formula is C15H21NO3. The fourth-order valence-electron chi connectivity index (χ4n) is 1.79. The number of rotatable bonds is 7. The van der Waals surface area contributed by atoms with Crippen molar-refractivity contribution < 1.29 is 14.7 Å². The molecule has 0 fully saturated rings. The topological polar surface area (TPSA) is 66.4 Å². The Balaban J connectivity index is 2.62. The lowest BCUT2D eigenvalue weighted by Gasteiger charge is -2.10. The molecule has 1 aromatic rings. The molecule has 0 aliphatic rings. The first-order valence-corrected chi connectivity index (χ1v) is 6.67. The first kappa shape index (κ1) is 15.2. The number of carbonyl (C=O) groups excluding carboxylic acids is 1. The van der Waals surface area contributed by atoms with Gasteiger partial charge in [0, 0.05) is 12.1 Å². The van der Waals surface area contributed by atoms with Gasteiger partial charge in [-0.1, -0.05) is 31.9 Å². The van der Waals surface area contributed by atoms with Gasteiger partial charge in [-0.3, -0.25) is 9.59 Å². The van der Waals surface area contributed by atoms with Gasteiger partial charge in [-0.2, -0.15) is 0 Å². The largest absolute Gasteiger partial charge is 0.481 e. The molecule has 1 rings (SSSR count). The van der Waals surface area contributed by atoms with Crippen molar-refractivity contribution >= 4 is 17.6 Å². The molecule has 19 heavy (non-hydrogen) atoms. The summed E-state index contributed by atoms with van der Waals surface area (Å²) in [5.41, 5.74) is 1.35. The monoisotopic (exact) mass is 263 g/mol. The van der Waals surface area contributed by atoms with E-state index in [1.54, 1.807) is 31.2 Å². The summed E-state index contributed by atoms with van der Waals surface area (Å²) in [7, 11) is 0. The number of carboxylic acid groups (broad SMARTS) is 1. The molecule has 104 valence electrons. The molecular weight excluding hydrogens is 242 g/mol. The third kappa shape index (κ3) is 5.12. The highest BCUT2D eigenvalue weighted by Gasteiger charge is 2.14. The zero-order valence-electron chi connectivity index (χ0n) is 11.5. The van der Waals surface area contributed by atoms with Crippen LogP contribution in [0.15, 0.2) is 24.3 Å². The van der Waals surface area contributed by atoms with E-state index in [4.69, 9.17) is 5.11 Å². The second kappa shape index (κ2) is 7.56. The Kier molecular flexibility index (Phi) is 6.06. The first-order valence-electron chi connectivity index (χ1n) is 6.67. The highest BCUT2D eigenvalue weighted by Crippen LogP contribution is 2.19. The van der Waals surface area contributed by atoms with E-state index < -0.39 is 11.9 Å². The number of hydrogen-bond donors (Lipinski definition) is 2. The Morgan fingerprint density at radius 3 is 2.68 bits per heavy atom. The maximum absolute atomic E-state index is 11.7. The number of amides is 1. The number of carboxylic acids is 1. The predicted octanol–water partition coefficient (Wildman–Crippen LogP) is 3.39. The minimum Gasteiger partial charge on any atom is -0.481 e. The number of benzene rings is 1. The standard InChI is InChI=1S/C15H21NO3/c1-3-4-5-9-14(17)16-13-8-6-7-12(10-13)11(2)15(18)19/h6-8,10-11H,3-5,9H2,1-2H3,(H,16,17)(H,18,19). The highest BCUT2D eigenvalue weighted by molar-refractivity contribution is 5.91. The van der Waals surface area contributed by atoms with Crippen molar-refractivity contribution in [2.45, 2.75) is 45.4 Å². The average molecular weight is 263 g/mol. The van der Waals surface area contributed by atoms with Gasteiger partial charge in [0.05, 0.1) is 5.92 Å². The lowest BCUT2D eigenvalue weighted by atomic mass is 10.0. The van der Waals surface area contributed by atoms with Crippen LogP contribution in [0.5, 0.6) is 0 Å². The Labute approximate surface area is 113 Å². The van der Waals surface area contributed by atoms with Gasteiger partial charge in [0.1, 0.15) is 0 Å². The van der Waals surface area contributed by atoms with Gasteiger partial charge < -0.3 is 10.4 Å². The molecule has 4 heteroatoms. The molecule has 1 unspecified atom stereocenters. The van der Waals surface area contributed by atoms with Crippen LogP contribution >= 0.6 is 0 Å². The van der Waals surface area contributed by atoms with Gasteiger partial charge in [-0.15, -0.1) is 0 Å². The van der Waals surface area contributed by atoms with Gasteiger partial charge in [0.25, 0.3) is 0 Å². The van der Waals surface area contributed by atoms with Crippen molar-refractivity contribution in [1.29, 1.82) is 0 Å². The van der Waals surface area contributed by atoms with Crippen LogP contribution in [0.1, 0.15) is 51.0 Å². The smallest absolute Gasteiger partial charge is 0.310 e. The molecule has 0 saturated carbocycles. The molecule has 1 atom stereocenters. The van der Waals surface area contributed by atoms with Gasteiger partial charge in [0.2, 0.25) is 5.91 Å². The summed E-state index contributed by atoms with van der Waals surface area (Å²) < 4.78 is 0. The Morgan fingerprint density at radius 2 is 2.05 bits per heavy atom. The van der Waals surface area contributed by atoms with Crippen molar-refractivity contribution in [2.24, 2.45) is 0 Å². The number of anilines is 1. The van der Waals surface area contributed by atoms with E-state index in [0.29, 0.717) is 17.7 Å². The molecule has 0 saturated heterocycles. The number of nitrogens with one attached hydrogen (secondary N) is 1. The van der Waals surface area contributed by atoms with Gasteiger partial charge in [-0.05, 0) is 31.0 Å². The fraction of sp³-hybridized carbons (Fsp3) is 0.467. The zero-order chi connectivity index (χ0) is 14.3. The van der Waals surface area contributed by atoms with Crippen LogP contribution in [0.2, 0.25) is 0 Å². The molecule has 0 aliphatic carbocycles. The Bertz CT molecular complexity index is 443. The van der Waals surface area contributed by atoms with Crippen molar-refractivity contribution in [1.82, 2.24) is 0 Å². The van der Waals surface area contributed by atoms with Crippen LogP contribution < -0.4 is 5.32 Å². The van der Waals surface area contributed by atoms with Crippen molar-refractivity contribution in [3.8, 4) is 0 Å². The van der Waals surface area contributed by atoms with E-state index in [1.165, 1.54) is 0 Å². The Hall–Kier alpha value is -1.84. The quantitative estimate of drug-likeness (QED) is 0.741. The number of hydrogen-bond acceptors (Lipinski definition) is 2. The fourth-order valence-corrected chi connectivity index (χ4v) is 1.79. The normalized spacial score (nSPS) is 11.9. The van der Waals surface area contributed by atoms with Gasteiger partial charge in [-0.25, -0.2) is 0 Å². The minimum atomic E-state index is -0.869. The SMILES string of the molecule is CCCCCC(=O)Nc1cccc(C(C)C(=O)O)c1. The second-order valence-electron chi connectivity index (χ2n) is 4.69. The Morgan fingerprint density at radius 1 is 1.32 bits per heavy atom. The van der Waals surface area contributed by atoms with E-state index in [2.05, 4.69) is 12.2 Å². The summed E-state index contributed by atoms with van der Waals surface area (Å²) >= 11 is 0. The van der Waals surface area contributed by atoms with E-state index in [-0.39, 0.29) is 5.91 Å². The molecule has 2 N–H and O–H groups in total. The van der Waals surface area contributed by atoms with E-state index >= 15 is 0 Å². The van der Waals surface area contributed by atoms with E-state index in [9.17, 15) is 9.59 Å². The molecule has 0 aromatic heterocycles. The predicted molar refractivity (Wildman–Crippen MR) is 75.3 cm³/mol. The summed E-state index contributed by atoms with van der Waals surface area (Å²) in [5.74, 6) is -1.46. The molecule has 1 aromatic carbocycles. The van der Waals surface area contributed by atoms with Crippen LogP contribution in [0.3, 0.4) is 0 Å². The van der Waals surface area contributed by atoms with Crippen LogP contribution in [-0.4, -0.2) is 17.0 Å². The summed E-state index contributed by atoms with van der Waals surface area (Å²) in [6.07, 6.45) is 3.52. The summed E-state index contributed by atoms with van der Waals surface area (Å²) in [5, 5.41) is 11.8. The van der Waals surface area contributed by atoms with Crippen LogP contribution in [-0.2, 0) is 9.59 Å². The average Bonchev–Trinajstić information content (AvgIpc) is 2.38. The molecule has 0 aliphatic heterocycles. The molecule has 4 nitrogen and oxygen atoms in total. The first-order chi connectivity index (χ1) is 9.04. The molecule has 0 radical (unpaired) electrons. The third-order valence-electron chi connectivity index (χ3n) is 3.05. The number of unbranched alkanes of at least 4 members (excludes halogenated alkanes) is 2. The summed E-state index contributed by atoms with van der Waals surface area (Å²) in [4.78, 5) is 22.6. The van der Waals surface area contributed by atoms with Crippen LogP contribution in [0.4, 0.5) is 5.69 Å². The summed E-state index contributed by atoms with van der Waals surface area (Å²) in [6.45, 7) is 3.72. The molecule has 0 spiro atoms. The third-order valence-corrected chi connectivity index (χ3v) is 3.05.